The van der Waals surface area contributed by atoms with Gasteiger partial charge in [-0.05, 0) is 25.0 Å². The first kappa shape index (κ1) is 17.8. The van der Waals surface area contributed by atoms with E-state index in [9.17, 15) is 0 Å². The van der Waals surface area contributed by atoms with E-state index >= 15 is 0 Å². The third kappa shape index (κ3) is 3.36. The highest BCUT2D eigenvalue weighted by molar-refractivity contribution is 6.06. The highest BCUT2D eigenvalue weighted by Crippen LogP contribution is 2.33. The van der Waals surface area contributed by atoms with Gasteiger partial charge in [0.25, 0.3) is 0 Å². The molecule has 6 heteroatoms. The van der Waals surface area contributed by atoms with Crippen molar-refractivity contribution in [2.75, 3.05) is 18.5 Å². The summed E-state index contributed by atoms with van der Waals surface area (Å²) in [6.07, 6.45) is 2.42. The Labute approximate surface area is 163 Å². The van der Waals surface area contributed by atoms with Gasteiger partial charge in [-0.15, -0.1) is 0 Å². The van der Waals surface area contributed by atoms with Gasteiger partial charge in [-0.3, -0.25) is 0 Å². The number of para-hydroxylation sites is 1. The minimum absolute atomic E-state index is 0. The van der Waals surface area contributed by atoms with E-state index in [1.807, 2.05) is 54.6 Å². The van der Waals surface area contributed by atoms with Gasteiger partial charge < -0.3 is 26.9 Å². The van der Waals surface area contributed by atoms with Crippen LogP contribution in [0.15, 0.2) is 59.0 Å². The third-order valence-electron chi connectivity index (χ3n) is 4.77. The van der Waals surface area contributed by atoms with Crippen molar-refractivity contribution in [3.63, 3.8) is 0 Å². The zero-order valence-electron chi connectivity index (χ0n) is 14.7. The van der Waals surface area contributed by atoms with Crippen LogP contribution in [0.1, 0.15) is 12.8 Å². The van der Waals surface area contributed by atoms with Gasteiger partial charge in [0.05, 0.1) is 6.10 Å². The van der Waals surface area contributed by atoms with E-state index in [0.717, 1.165) is 53.9 Å². The Hall–Kier alpha value is -2.63. The first-order chi connectivity index (χ1) is 12.9. The second-order valence-electron chi connectivity index (χ2n) is 6.55. The number of aromatic nitrogens is 2. The molecule has 1 aliphatic rings. The maximum Gasteiger partial charge on any atom is 0.196 e. The Morgan fingerprint density at radius 2 is 1.81 bits per heavy atom. The van der Waals surface area contributed by atoms with Crippen molar-refractivity contribution in [1.29, 1.82) is 0 Å². The Morgan fingerprint density at radius 1 is 1.00 bits per heavy atom. The van der Waals surface area contributed by atoms with Gasteiger partial charge in [-0.25, -0.2) is 9.97 Å². The van der Waals surface area contributed by atoms with Gasteiger partial charge in [-0.2, -0.15) is 0 Å². The summed E-state index contributed by atoms with van der Waals surface area (Å²) in [7, 11) is 0. The van der Waals surface area contributed by atoms with Gasteiger partial charge >= 0.3 is 0 Å². The first-order valence-corrected chi connectivity index (χ1v) is 8.99. The number of nitrogens with zero attached hydrogens (tertiary/aromatic N) is 2. The molecule has 138 valence electrons. The summed E-state index contributed by atoms with van der Waals surface area (Å²) in [5, 5.41) is 4.43. The van der Waals surface area contributed by atoms with Crippen LogP contribution >= 0.6 is 0 Å². The number of hydrogen-bond acceptors (Lipinski definition) is 5. The number of ether oxygens (including phenoxy) is 1. The molecule has 0 amide bonds. The lowest BCUT2D eigenvalue weighted by molar-refractivity contribution is -0.00000688. The van der Waals surface area contributed by atoms with Gasteiger partial charge in [-0.1, -0.05) is 42.5 Å². The number of halogens is 1. The summed E-state index contributed by atoms with van der Waals surface area (Å²) < 4.78 is 11.8. The fourth-order valence-corrected chi connectivity index (χ4v) is 3.44. The van der Waals surface area contributed by atoms with Crippen molar-refractivity contribution in [3.8, 4) is 11.4 Å². The molecule has 0 aliphatic carbocycles. The molecule has 1 fully saturated rings. The monoisotopic (exact) mass is 380 g/mol. The number of furan rings is 1. The number of anilines is 1. The number of fused-ring (bicyclic) bond motifs is 3. The van der Waals surface area contributed by atoms with Crippen LogP contribution in [0.25, 0.3) is 33.5 Å². The summed E-state index contributed by atoms with van der Waals surface area (Å²) in [5.74, 6) is 1.42. The van der Waals surface area contributed by atoms with Gasteiger partial charge in [0.15, 0.2) is 17.2 Å². The topological polar surface area (TPSA) is 60.2 Å². The molecule has 0 radical (unpaired) electrons. The molecule has 1 N–H and O–H groups in total. The smallest absolute Gasteiger partial charge is 0.196 e. The normalized spacial score (nSPS) is 16.5. The molecule has 2 aromatic heterocycles. The van der Waals surface area contributed by atoms with Crippen molar-refractivity contribution in [1.82, 2.24) is 9.97 Å². The first-order valence-electron chi connectivity index (χ1n) is 8.99. The number of hydrogen-bond donors (Lipinski definition) is 1. The standard InChI is InChI=1S/C21H19N3O2.ClH/c1-2-7-14(8-3-1)20-23-18-16-10-4-5-11-17(16)26-19(18)21(24-20)22-13-15-9-6-12-25-15;/h1-5,7-8,10-11,15H,6,9,12-13H2,(H,22,23,24);1H/p-1. The molecule has 1 aliphatic heterocycles. The Balaban J connectivity index is 0.00000180. The largest absolute Gasteiger partial charge is 1.00 e. The molecule has 27 heavy (non-hydrogen) atoms. The van der Waals surface area contributed by atoms with Crippen molar-refractivity contribution >= 4 is 27.9 Å². The van der Waals surface area contributed by atoms with E-state index in [-0.39, 0.29) is 18.5 Å². The summed E-state index contributed by atoms with van der Waals surface area (Å²) >= 11 is 0. The Morgan fingerprint density at radius 3 is 2.63 bits per heavy atom. The quantitative estimate of drug-likeness (QED) is 0.583. The van der Waals surface area contributed by atoms with Gasteiger partial charge in [0.1, 0.15) is 11.1 Å². The van der Waals surface area contributed by atoms with E-state index in [0.29, 0.717) is 11.4 Å². The van der Waals surface area contributed by atoms with Crippen LogP contribution in [0, 0.1) is 0 Å². The molecule has 1 unspecified atom stereocenters. The molecule has 0 saturated carbocycles. The molecule has 5 rings (SSSR count). The van der Waals surface area contributed by atoms with Crippen LogP contribution in [0.3, 0.4) is 0 Å². The number of rotatable bonds is 4. The molecule has 3 heterocycles. The van der Waals surface area contributed by atoms with Gasteiger partial charge in [0, 0.05) is 24.1 Å². The lowest BCUT2D eigenvalue weighted by atomic mass is 10.2. The third-order valence-corrected chi connectivity index (χ3v) is 4.77. The summed E-state index contributed by atoms with van der Waals surface area (Å²) in [6, 6.07) is 18.0. The van der Waals surface area contributed by atoms with Crippen LogP contribution in [-0.2, 0) is 4.74 Å². The number of benzene rings is 2. The second kappa shape index (κ2) is 7.55. The fourth-order valence-electron chi connectivity index (χ4n) is 3.44. The second-order valence-corrected chi connectivity index (χ2v) is 6.55. The molecular weight excluding hydrogens is 362 g/mol. The zero-order valence-corrected chi connectivity index (χ0v) is 15.4. The van der Waals surface area contributed by atoms with Crippen molar-refractivity contribution in [3.05, 3.63) is 54.6 Å². The average molecular weight is 381 g/mol. The maximum atomic E-state index is 6.06. The van der Waals surface area contributed by atoms with E-state index < -0.39 is 0 Å². The highest BCUT2D eigenvalue weighted by Gasteiger charge is 2.19. The van der Waals surface area contributed by atoms with E-state index in [2.05, 4.69) is 5.32 Å². The minimum atomic E-state index is 0. The Kier molecular flexibility index (Phi) is 4.97. The van der Waals surface area contributed by atoms with Crippen LogP contribution in [0.5, 0.6) is 0 Å². The molecular formula is C21H19ClN3O2-. The summed E-state index contributed by atoms with van der Waals surface area (Å²) in [4.78, 5) is 9.55. The predicted octanol–water partition coefficient (Wildman–Crippen LogP) is 1.64. The van der Waals surface area contributed by atoms with E-state index in [4.69, 9.17) is 19.1 Å². The van der Waals surface area contributed by atoms with E-state index in [1.54, 1.807) is 0 Å². The average Bonchev–Trinajstić information content (AvgIpc) is 3.34. The lowest BCUT2D eigenvalue weighted by Crippen LogP contribution is -3.00. The predicted molar refractivity (Wildman–Crippen MR) is 102 cm³/mol. The molecule has 2 aromatic carbocycles. The van der Waals surface area contributed by atoms with Gasteiger partial charge in [0.2, 0.25) is 0 Å². The minimum Gasteiger partial charge on any atom is -1.00 e. The molecule has 0 bridgehead atoms. The highest BCUT2D eigenvalue weighted by atomic mass is 35.5. The van der Waals surface area contributed by atoms with Crippen molar-refractivity contribution < 1.29 is 21.6 Å². The lowest BCUT2D eigenvalue weighted by Gasteiger charge is -2.12. The van der Waals surface area contributed by atoms with Crippen LogP contribution < -0.4 is 17.7 Å². The summed E-state index contributed by atoms with van der Waals surface area (Å²) in [6.45, 7) is 1.56. The van der Waals surface area contributed by atoms with Crippen molar-refractivity contribution in [2.45, 2.75) is 18.9 Å². The maximum absolute atomic E-state index is 6.06. The SMILES string of the molecule is [Cl-].c1ccc(-c2nc(NCC3CCCO3)c3oc4ccccc4c3n2)cc1. The van der Waals surface area contributed by atoms with Crippen LogP contribution in [0.4, 0.5) is 5.82 Å². The molecule has 0 spiro atoms. The molecule has 1 saturated heterocycles. The molecule has 1 atom stereocenters. The summed E-state index contributed by atoms with van der Waals surface area (Å²) in [5.41, 5.74) is 3.34. The van der Waals surface area contributed by atoms with Crippen LogP contribution in [0.2, 0.25) is 0 Å². The van der Waals surface area contributed by atoms with Crippen LogP contribution in [-0.4, -0.2) is 29.2 Å². The number of nitrogens with one attached hydrogen (secondary N) is 1. The van der Waals surface area contributed by atoms with Crippen molar-refractivity contribution in [2.24, 2.45) is 0 Å². The zero-order chi connectivity index (χ0) is 17.3. The van der Waals surface area contributed by atoms with E-state index in [1.165, 1.54) is 0 Å². The molecule has 5 nitrogen and oxygen atoms in total. The molecule has 4 aromatic rings. The fraction of sp³-hybridized carbons (Fsp3) is 0.238. The Bertz CT molecular complexity index is 1060.